The van der Waals surface area contributed by atoms with E-state index >= 15 is 0 Å². The van der Waals surface area contributed by atoms with Crippen LogP contribution in [0.25, 0.3) is 0 Å². The van der Waals surface area contributed by atoms with E-state index in [0.717, 1.165) is 0 Å². The Labute approximate surface area is 120 Å². The molecule has 106 valence electrons. The third-order valence-corrected chi connectivity index (χ3v) is 3.33. The van der Waals surface area contributed by atoms with Crippen molar-refractivity contribution in [3.05, 3.63) is 53.6 Å². The first kappa shape index (κ1) is 13.2. The second kappa shape index (κ2) is 4.94. The Kier molecular flexibility index (Phi) is 3.10. The van der Waals surface area contributed by atoms with E-state index in [1.165, 1.54) is 19.2 Å². The maximum absolute atomic E-state index is 12.2. The van der Waals surface area contributed by atoms with Crippen LogP contribution in [0.5, 0.6) is 17.2 Å². The van der Waals surface area contributed by atoms with Gasteiger partial charge in [0.25, 0.3) is 0 Å². The lowest BCUT2D eigenvalue weighted by Gasteiger charge is -2.25. The standard InChI is InChI=1S/C16H12O5/c1-20-10-7-11(17)13-12(8-10)21-16(15(19)14(13)18)9-5-3-2-4-6-9/h2-8,16-17H,1H3. The number of Topliss-reactive ketones (excluding diaryl/α,β-unsaturated/α-hetero) is 2. The van der Waals surface area contributed by atoms with Crippen LogP contribution < -0.4 is 9.47 Å². The highest BCUT2D eigenvalue weighted by atomic mass is 16.5. The number of hydrogen-bond acceptors (Lipinski definition) is 5. The topological polar surface area (TPSA) is 72.8 Å². The molecule has 0 aromatic heterocycles. The molecule has 0 bridgehead atoms. The Morgan fingerprint density at radius 1 is 1.14 bits per heavy atom. The number of fused-ring (bicyclic) bond motifs is 1. The zero-order valence-electron chi connectivity index (χ0n) is 11.2. The number of ether oxygens (including phenoxy) is 2. The number of hydrogen-bond donors (Lipinski definition) is 1. The minimum atomic E-state index is -1.00. The lowest BCUT2D eigenvalue weighted by atomic mass is 9.94. The second-order valence-electron chi connectivity index (χ2n) is 4.62. The molecule has 5 nitrogen and oxygen atoms in total. The Morgan fingerprint density at radius 2 is 1.86 bits per heavy atom. The molecule has 3 rings (SSSR count). The molecule has 1 N–H and O–H groups in total. The van der Waals surface area contributed by atoms with Crippen LogP contribution in [0.3, 0.4) is 0 Å². The van der Waals surface area contributed by atoms with Crippen LogP contribution in [0.15, 0.2) is 42.5 Å². The average Bonchev–Trinajstić information content (AvgIpc) is 2.51. The molecule has 0 saturated carbocycles. The fourth-order valence-corrected chi connectivity index (χ4v) is 2.29. The number of ketones is 2. The number of carbonyl (C=O) groups is 2. The molecule has 1 heterocycles. The molecule has 2 aromatic rings. The van der Waals surface area contributed by atoms with E-state index in [1.54, 1.807) is 30.3 Å². The van der Waals surface area contributed by atoms with Crippen LogP contribution in [0, 0.1) is 0 Å². The Balaban J connectivity index is 2.10. The fourth-order valence-electron chi connectivity index (χ4n) is 2.29. The van der Waals surface area contributed by atoms with Gasteiger partial charge in [0.15, 0.2) is 6.10 Å². The summed E-state index contributed by atoms with van der Waals surface area (Å²) < 4.78 is 10.6. The van der Waals surface area contributed by atoms with E-state index in [1.807, 2.05) is 0 Å². The maximum Gasteiger partial charge on any atom is 0.248 e. The molecule has 0 fully saturated rings. The third-order valence-electron chi connectivity index (χ3n) is 3.33. The molecule has 5 heteroatoms. The monoisotopic (exact) mass is 284 g/mol. The molecule has 0 amide bonds. The Bertz CT molecular complexity index is 721. The predicted octanol–water partition coefficient (Wildman–Crippen LogP) is 2.29. The summed E-state index contributed by atoms with van der Waals surface area (Å²) in [6.45, 7) is 0. The van der Waals surface area contributed by atoms with Crippen molar-refractivity contribution in [3.8, 4) is 17.2 Å². The average molecular weight is 284 g/mol. The van der Waals surface area contributed by atoms with Gasteiger partial charge in [-0.15, -0.1) is 0 Å². The minimum absolute atomic E-state index is 0.118. The molecular formula is C16H12O5. The van der Waals surface area contributed by atoms with Crippen molar-refractivity contribution in [2.45, 2.75) is 6.10 Å². The molecule has 1 atom stereocenters. The summed E-state index contributed by atoms with van der Waals surface area (Å²) in [7, 11) is 1.44. The van der Waals surface area contributed by atoms with Crippen LogP contribution in [0.1, 0.15) is 22.0 Å². The van der Waals surface area contributed by atoms with Gasteiger partial charge in [0.2, 0.25) is 11.6 Å². The maximum atomic E-state index is 12.2. The highest BCUT2D eigenvalue weighted by molar-refractivity contribution is 6.47. The van der Waals surface area contributed by atoms with E-state index in [4.69, 9.17) is 9.47 Å². The lowest BCUT2D eigenvalue weighted by molar-refractivity contribution is -0.122. The van der Waals surface area contributed by atoms with Crippen molar-refractivity contribution in [2.24, 2.45) is 0 Å². The molecule has 1 aliphatic rings. The van der Waals surface area contributed by atoms with Gasteiger partial charge in [0, 0.05) is 17.7 Å². The number of phenols is 1. The first-order valence-electron chi connectivity index (χ1n) is 6.33. The number of benzene rings is 2. The number of phenolic OH excluding ortho intramolecular Hbond substituents is 1. The summed E-state index contributed by atoms with van der Waals surface area (Å²) in [6, 6.07) is 11.5. The van der Waals surface area contributed by atoms with E-state index in [2.05, 4.69) is 0 Å². The summed E-state index contributed by atoms with van der Waals surface area (Å²) in [5, 5.41) is 9.88. The van der Waals surface area contributed by atoms with Gasteiger partial charge in [-0.2, -0.15) is 0 Å². The summed E-state index contributed by atoms with van der Waals surface area (Å²) in [4.78, 5) is 24.4. The normalized spacial score (nSPS) is 17.1. The fraction of sp³-hybridized carbons (Fsp3) is 0.125. The number of rotatable bonds is 2. The summed E-state index contributed by atoms with van der Waals surface area (Å²) in [5.41, 5.74) is 0.469. The van der Waals surface area contributed by atoms with Crippen LogP contribution in [0.4, 0.5) is 0 Å². The van der Waals surface area contributed by atoms with Gasteiger partial charge in [-0.3, -0.25) is 9.59 Å². The number of carbonyl (C=O) groups excluding carboxylic acids is 2. The SMILES string of the molecule is COc1cc(O)c2c(c1)OC(c1ccccc1)C(=O)C2=O. The van der Waals surface area contributed by atoms with E-state index in [-0.39, 0.29) is 17.1 Å². The van der Waals surface area contributed by atoms with Crippen molar-refractivity contribution in [1.82, 2.24) is 0 Å². The van der Waals surface area contributed by atoms with Crippen molar-refractivity contribution >= 4 is 11.6 Å². The molecule has 2 aromatic carbocycles. The van der Waals surface area contributed by atoms with E-state index in [9.17, 15) is 14.7 Å². The van der Waals surface area contributed by atoms with Crippen LogP contribution >= 0.6 is 0 Å². The zero-order chi connectivity index (χ0) is 15.0. The second-order valence-corrected chi connectivity index (χ2v) is 4.62. The van der Waals surface area contributed by atoms with Crippen molar-refractivity contribution in [3.63, 3.8) is 0 Å². The lowest BCUT2D eigenvalue weighted by Crippen LogP contribution is -2.31. The first-order chi connectivity index (χ1) is 10.1. The van der Waals surface area contributed by atoms with Crippen LogP contribution in [-0.2, 0) is 4.79 Å². The van der Waals surface area contributed by atoms with Gasteiger partial charge in [0.05, 0.1) is 7.11 Å². The van der Waals surface area contributed by atoms with Crippen molar-refractivity contribution < 1.29 is 24.2 Å². The van der Waals surface area contributed by atoms with Gasteiger partial charge in [-0.1, -0.05) is 30.3 Å². The molecule has 0 radical (unpaired) electrons. The molecule has 0 saturated heterocycles. The summed E-state index contributed by atoms with van der Waals surface area (Å²) >= 11 is 0. The van der Waals surface area contributed by atoms with Crippen molar-refractivity contribution in [1.29, 1.82) is 0 Å². The van der Waals surface area contributed by atoms with Gasteiger partial charge < -0.3 is 14.6 Å². The quantitative estimate of drug-likeness (QED) is 0.856. The minimum Gasteiger partial charge on any atom is -0.507 e. The highest BCUT2D eigenvalue weighted by Crippen LogP contribution is 2.40. The van der Waals surface area contributed by atoms with Gasteiger partial charge in [-0.05, 0) is 0 Å². The summed E-state index contributed by atoms with van der Waals surface area (Å²) in [6.07, 6.45) is -1.00. The molecular weight excluding hydrogens is 272 g/mol. The largest absolute Gasteiger partial charge is 0.507 e. The van der Waals surface area contributed by atoms with Crippen LogP contribution in [-0.4, -0.2) is 23.8 Å². The summed E-state index contributed by atoms with van der Waals surface area (Å²) in [5.74, 6) is -1.29. The predicted molar refractivity (Wildman–Crippen MR) is 73.8 cm³/mol. The Morgan fingerprint density at radius 3 is 2.52 bits per heavy atom. The highest BCUT2D eigenvalue weighted by Gasteiger charge is 2.38. The molecule has 1 unspecified atom stereocenters. The molecule has 0 spiro atoms. The molecule has 0 aliphatic carbocycles. The third kappa shape index (κ3) is 2.12. The zero-order valence-corrected chi connectivity index (χ0v) is 11.2. The van der Waals surface area contributed by atoms with Gasteiger partial charge in [0.1, 0.15) is 22.8 Å². The van der Waals surface area contributed by atoms with E-state index in [0.29, 0.717) is 11.3 Å². The number of aromatic hydroxyl groups is 1. The van der Waals surface area contributed by atoms with Crippen molar-refractivity contribution in [2.75, 3.05) is 7.11 Å². The molecule has 1 aliphatic heterocycles. The smallest absolute Gasteiger partial charge is 0.248 e. The van der Waals surface area contributed by atoms with Gasteiger partial charge in [-0.25, -0.2) is 0 Å². The molecule has 21 heavy (non-hydrogen) atoms. The Hall–Kier alpha value is -2.82. The van der Waals surface area contributed by atoms with Crippen LogP contribution in [0.2, 0.25) is 0 Å². The first-order valence-corrected chi connectivity index (χ1v) is 6.33. The number of methoxy groups -OCH3 is 1. The van der Waals surface area contributed by atoms with Gasteiger partial charge >= 0.3 is 0 Å². The van der Waals surface area contributed by atoms with E-state index < -0.39 is 17.7 Å².